The Hall–Kier alpha value is -5.82. The number of nitrogens with one attached hydrogen (secondary N) is 2. The number of pyridine rings is 2. The highest BCUT2D eigenvalue weighted by molar-refractivity contribution is 7.21. The molecule has 316 valence electrons. The van der Waals surface area contributed by atoms with Gasteiger partial charge in [-0.25, -0.2) is 19.4 Å². The highest BCUT2D eigenvalue weighted by Gasteiger charge is 2.50. The zero-order chi connectivity index (χ0) is 43.5. The molecule has 2 aliphatic rings. The number of thiophene rings is 1. The number of hydrogen-bond acceptors (Lipinski definition) is 10. The molecule has 0 unspecified atom stereocenters. The fourth-order valence-corrected chi connectivity index (χ4v) is 6.52. The Bertz CT molecular complexity index is 1960. The maximum absolute atomic E-state index is 13.2. The van der Waals surface area contributed by atoms with Gasteiger partial charge in [-0.3, -0.25) is 19.5 Å². The number of fused-ring (bicyclic) bond motifs is 1. The molecule has 5 N–H and O–H groups in total. The van der Waals surface area contributed by atoms with Crippen LogP contribution in [0.3, 0.4) is 0 Å². The molecule has 15 nitrogen and oxygen atoms in total. The number of rotatable bonds is 7. The van der Waals surface area contributed by atoms with E-state index >= 15 is 0 Å². The second kappa shape index (κ2) is 19.6. The van der Waals surface area contributed by atoms with Crippen molar-refractivity contribution in [2.75, 3.05) is 32.8 Å². The number of carbonyl (C=O) groups excluding carboxylic acids is 2. The van der Waals surface area contributed by atoms with Crippen molar-refractivity contribution >= 4 is 51.3 Å². The Morgan fingerprint density at radius 1 is 0.828 bits per heavy atom. The maximum Gasteiger partial charge on any atom is 0.490 e. The van der Waals surface area contributed by atoms with Gasteiger partial charge >= 0.3 is 36.4 Å². The third-order valence-electron chi connectivity index (χ3n) is 8.19. The van der Waals surface area contributed by atoms with E-state index in [1.165, 1.54) is 11.3 Å². The summed E-state index contributed by atoms with van der Waals surface area (Å²) < 4.78 is 97.2. The van der Waals surface area contributed by atoms with Gasteiger partial charge in [0.1, 0.15) is 15.2 Å². The number of halogens is 9. The van der Waals surface area contributed by atoms with Crippen LogP contribution < -0.4 is 10.6 Å². The van der Waals surface area contributed by atoms with E-state index in [0.29, 0.717) is 24.6 Å². The second-order valence-electron chi connectivity index (χ2n) is 12.0. The molecular formula is C33H32F9N7O8S. The lowest BCUT2D eigenvalue weighted by molar-refractivity contribution is -0.193. The minimum Gasteiger partial charge on any atom is -0.475 e. The van der Waals surface area contributed by atoms with Crippen molar-refractivity contribution in [1.29, 1.82) is 0 Å². The number of carboxylic acids is 3. The molecule has 2 aliphatic heterocycles. The predicted octanol–water partition coefficient (Wildman–Crippen LogP) is 4.54. The van der Waals surface area contributed by atoms with Crippen molar-refractivity contribution in [3.05, 3.63) is 77.8 Å². The van der Waals surface area contributed by atoms with E-state index in [1.54, 1.807) is 12.4 Å². The van der Waals surface area contributed by atoms with Crippen molar-refractivity contribution in [3.63, 3.8) is 0 Å². The van der Waals surface area contributed by atoms with E-state index in [0.717, 1.165) is 53.9 Å². The molecule has 0 saturated carbocycles. The number of alkyl halides is 9. The van der Waals surface area contributed by atoms with Crippen LogP contribution in [0.25, 0.3) is 15.9 Å². The number of hydrogen-bond donors (Lipinski definition) is 5. The van der Waals surface area contributed by atoms with Crippen molar-refractivity contribution < 1.29 is 78.8 Å². The fourth-order valence-electron chi connectivity index (χ4n) is 5.46. The minimum absolute atomic E-state index is 0.0852. The molecule has 4 aromatic heterocycles. The fraction of sp³-hybridized carbons (Fsp3) is 0.364. The Kier molecular flexibility index (Phi) is 15.7. The molecule has 4 aromatic rings. The van der Waals surface area contributed by atoms with Gasteiger partial charge in [0.2, 0.25) is 5.91 Å². The van der Waals surface area contributed by atoms with Gasteiger partial charge < -0.3 is 35.4 Å². The van der Waals surface area contributed by atoms with Gasteiger partial charge in [-0.2, -0.15) is 39.5 Å². The van der Waals surface area contributed by atoms with Gasteiger partial charge in [0.15, 0.2) is 0 Å². The van der Waals surface area contributed by atoms with Crippen LogP contribution in [0.1, 0.15) is 28.1 Å². The van der Waals surface area contributed by atoms with Crippen LogP contribution in [0.4, 0.5) is 39.5 Å². The van der Waals surface area contributed by atoms with E-state index in [2.05, 4.69) is 36.5 Å². The third kappa shape index (κ3) is 12.9. The molecule has 58 heavy (non-hydrogen) atoms. The van der Waals surface area contributed by atoms with Crippen molar-refractivity contribution in [3.8, 4) is 5.69 Å². The number of carboxylic acid groups (broad SMARTS) is 3. The molecule has 0 aromatic carbocycles. The predicted molar refractivity (Wildman–Crippen MR) is 184 cm³/mol. The lowest BCUT2D eigenvalue weighted by Gasteiger charge is -2.42. The van der Waals surface area contributed by atoms with E-state index in [-0.39, 0.29) is 11.8 Å². The molecule has 2 saturated heterocycles. The lowest BCUT2D eigenvalue weighted by atomic mass is 9.86. The number of piperidine rings is 1. The lowest BCUT2D eigenvalue weighted by Crippen LogP contribution is -2.56. The molecule has 2 fully saturated rings. The first-order valence-corrected chi connectivity index (χ1v) is 17.1. The van der Waals surface area contributed by atoms with Crippen molar-refractivity contribution in [1.82, 2.24) is 35.0 Å². The van der Waals surface area contributed by atoms with Gasteiger partial charge in [-0.15, -0.1) is 11.3 Å². The highest BCUT2D eigenvalue weighted by atomic mass is 32.1. The quantitative estimate of drug-likeness (QED) is 0.163. The normalized spacial score (nSPS) is 15.5. The number of amides is 2. The topological polar surface area (TPSA) is 207 Å². The number of likely N-dealkylation sites (tertiary alicyclic amines) is 1. The van der Waals surface area contributed by atoms with Crippen LogP contribution in [-0.2, 0) is 25.7 Å². The minimum atomic E-state index is -5.08. The maximum atomic E-state index is 13.2. The number of nitrogens with zero attached hydrogens (tertiary/aromatic N) is 5. The summed E-state index contributed by atoms with van der Waals surface area (Å²) in [6.07, 6.45) is -4.42. The first-order chi connectivity index (χ1) is 27.0. The molecule has 0 radical (unpaired) electrons. The standard InChI is InChI=1S/C27H29N7O2S.3C2HF3O2/c35-24(23-22(33-12-1-2-13-33)21-6-4-10-30-25(21)37-23)29-11-16-32-14-7-27(8-15-32)26(36)31-19-34(27)18-20-5-3-9-28-17-20;3*3-2(4,5)1(6)7/h1-6,9-10,12-13,17H,7-8,11,14-16,18-19H2,(H,29,35)(H,31,36);3*(H,6,7). The van der Waals surface area contributed by atoms with Gasteiger partial charge in [-0.1, -0.05) is 6.07 Å². The average Bonchev–Trinajstić information content (AvgIpc) is 3.88. The van der Waals surface area contributed by atoms with E-state index in [4.69, 9.17) is 29.7 Å². The van der Waals surface area contributed by atoms with E-state index < -0.39 is 42.0 Å². The average molecular weight is 858 g/mol. The van der Waals surface area contributed by atoms with Gasteiger partial charge in [-0.05, 0) is 48.7 Å². The van der Waals surface area contributed by atoms with Crippen LogP contribution in [0, 0.1) is 0 Å². The molecule has 0 bridgehead atoms. The third-order valence-corrected chi connectivity index (χ3v) is 9.29. The van der Waals surface area contributed by atoms with Crippen LogP contribution in [0.5, 0.6) is 0 Å². The molecule has 0 atom stereocenters. The Labute approximate surface area is 324 Å². The molecule has 1 spiro atoms. The zero-order valence-corrected chi connectivity index (χ0v) is 30.3. The largest absolute Gasteiger partial charge is 0.490 e. The summed E-state index contributed by atoms with van der Waals surface area (Å²) in [5.74, 6) is -8.23. The molecule has 6 heterocycles. The summed E-state index contributed by atoms with van der Waals surface area (Å²) in [6, 6.07) is 11.8. The molecular weight excluding hydrogens is 825 g/mol. The smallest absolute Gasteiger partial charge is 0.475 e. The Balaban J connectivity index is 0.000000353. The SMILES string of the molecule is O=C(NCCN1CCC2(CC1)C(=O)NCN2Cc1cccnc1)c1sc2ncccc2c1-n1cccc1.O=C(O)C(F)(F)F.O=C(O)C(F)(F)F.O=C(O)C(F)(F)F. The highest BCUT2D eigenvalue weighted by Crippen LogP contribution is 2.34. The van der Waals surface area contributed by atoms with Crippen LogP contribution >= 0.6 is 11.3 Å². The number of aliphatic carboxylic acids is 3. The van der Waals surface area contributed by atoms with Gasteiger partial charge in [0, 0.05) is 69.1 Å². The summed E-state index contributed by atoms with van der Waals surface area (Å²) in [5.41, 5.74) is 1.52. The second-order valence-corrected chi connectivity index (χ2v) is 13.0. The summed E-state index contributed by atoms with van der Waals surface area (Å²) in [6.45, 7) is 4.19. The Morgan fingerprint density at radius 3 is 1.86 bits per heavy atom. The monoisotopic (exact) mass is 857 g/mol. The van der Waals surface area contributed by atoms with Gasteiger partial charge in [0.25, 0.3) is 5.91 Å². The van der Waals surface area contributed by atoms with Crippen molar-refractivity contribution in [2.24, 2.45) is 0 Å². The molecule has 25 heteroatoms. The first-order valence-electron chi connectivity index (χ1n) is 16.3. The first kappa shape index (κ1) is 46.6. The zero-order valence-electron chi connectivity index (χ0n) is 29.4. The summed E-state index contributed by atoms with van der Waals surface area (Å²) in [4.78, 5) is 67.5. The van der Waals surface area contributed by atoms with E-state index in [1.807, 2.05) is 53.5 Å². The van der Waals surface area contributed by atoms with Crippen LogP contribution in [0.15, 0.2) is 67.4 Å². The van der Waals surface area contributed by atoms with Gasteiger partial charge in [0.05, 0.1) is 12.4 Å². The number of aromatic nitrogens is 3. The van der Waals surface area contributed by atoms with E-state index in [9.17, 15) is 49.1 Å². The van der Waals surface area contributed by atoms with Crippen LogP contribution in [-0.4, -0.2) is 126 Å². The van der Waals surface area contributed by atoms with Crippen LogP contribution in [0.2, 0.25) is 0 Å². The Morgan fingerprint density at radius 2 is 1.36 bits per heavy atom. The molecule has 6 rings (SSSR count). The number of carbonyl (C=O) groups is 5. The summed E-state index contributed by atoms with van der Waals surface area (Å²) in [7, 11) is 0. The molecule has 0 aliphatic carbocycles. The molecule has 2 amide bonds. The van der Waals surface area contributed by atoms with Crippen molar-refractivity contribution in [2.45, 2.75) is 43.5 Å². The summed E-state index contributed by atoms with van der Waals surface area (Å²) in [5, 5.41) is 28.5. The summed E-state index contributed by atoms with van der Waals surface area (Å²) >= 11 is 1.42.